The van der Waals surface area contributed by atoms with Crippen LogP contribution >= 0.6 is 11.3 Å². The molecule has 0 bridgehead atoms. The van der Waals surface area contributed by atoms with Gasteiger partial charge < -0.3 is 10.1 Å². The van der Waals surface area contributed by atoms with E-state index in [0.29, 0.717) is 10.8 Å². The Balaban J connectivity index is 2.43. The summed E-state index contributed by atoms with van der Waals surface area (Å²) in [5, 5.41) is 3.95. The molecule has 0 aliphatic rings. The van der Waals surface area contributed by atoms with Gasteiger partial charge in [-0.3, -0.25) is 0 Å². The van der Waals surface area contributed by atoms with Crippen molar-refractivity contribution in [3.05, 3.63) is 11.1 Å². The molecule has 0 aliphatic heterocycles. The van der Waals surface area contributed by atoms with E-state index in [1.54, 1.807) is 0 Å². The Bertz CT molecular complexity index is 323. The van der Waals surface area contributed by atoms with Crippen LogP contribution in [-0.4, -0.2) is 24.6 Å². The fraction of sp³-hybridized carbons (Fsp3) is 0.600. The van der Waals surface area contributed by atoms with Crippen LogP contribution < -0.4 is 5.32 Å². The summed E-state index contributed by atoms with van der Waals surface area (Å²) in [6.07, 6.45) is 2.63. The predicted molar refractivity (Wildman–Crippen MR) is 61.4 cm³/mol. The number of hydrogen-bond acceptors (Lipinski definition) is 5. The Morgan fingerprint density at radius 3 is 3.00 bits per heavy atom. The maximum Gasteiger partial charge on any atom is 0.349 e. The number of thiazole rings is 1. The molecule has 84 valence electrons. The summed E-state index contributed by atoms with van der Waals surface area (Å²) in [5.41, 5.74) is 0. The normalized spacial score (nSPS) is 10.4. The first-order valence-corrected chi connectivity index (χ1v) is 5.73. The summed E-state index contributed by atoms with van der Waals surface area (Å²) >= 11 is 1.32. The van der Waals surface area contributed by atoms with Gasteiger partial charge in [-0.15, -0.1) is 0 Å². The maximum atomic E-state index is 11.1. The Hall–Kier alpha value is -1.10. The predicted octanol–water partition coefficient (Wildman–Crippen LogP) is 2.39. The zero-order chi connectivity index (χ0) is 11.3. The van der Waals surface area contributed by atoms with E-state index in [0.717, 1.165) is 18.1 Å². The molecular formula is C10H16N2O2S. The van der Waals surface area contributed by atoms with Gasteiger partial charge in [0.05, 0.1) is 13.3 Å². The molecule has 1 aromatic heterocycles. The number of nitrogens with one attached hydrogen (secondary N) is 1. The lowest BCUT2D eigenvalue weighted by Crippen LogP contribution is -2.03. The molecule has 1 N–H and O–H groups in total. The largest absolute Gasteiger partial charge is 0.465 e. The van der Waals surface area contributed by atoms with Crippen molar-refractivity contribution < 1.29 is 9.53 Å². The van der Waals surface area contributed by atoms with Crippen molar-refractivity contribution in [3.63, 3.8) is 0 Å². The number of methoxy groups -OCH3 is 1. The molecule has 15 heavy (non-hydrogen) atoms. The Labute approximate surface area is 93.7 Å². The number of nitrogens with zero attached hydrogens (tertiary/aromatic N) is 1. The van der Waals surface area contributed by atoms with Gasteiger partial charge in [-0.1, -0.05) is 25.2 Å². The molecule has 0 fully saturated rings. The second-order valence-electron chi connectivity index (χ2n) is 3.63. The minimum atomic E-state index is -0.329. The third-order valence-electron chi connectivity index (χ3n) is 1.89. The van der Waals surface area contributed by atoms with E-state index in [-0.39, 0.29) is 5.97 Å². The molecule has 0 amide bonds. The van der Waals surface area contributed by atoms with Crippen molar-refractivity contribution in [2.45, 2.75) is 20.3 Å². The van der Waals surface area contributed by atoms with Crippen molar-refractivity contribution >= 4 is 22.4 Å². The van der Waals surface area contributed by atoms with Crippen LogP contribution in [-0.2, 0) is 4.74 Å². The van der Waals surface area contributed by atoms with E-state index in [1.807, 2.05) is 0 Å². The van der Waals surface area contributed by atoms with E-state index in [4.69, 9.17) is 0 Å². The Kier molecular flexibility index (Phi) is 4.55. The first kappa shape index (κ1) is 12.0. The molecule has 0 unspecified atom stereocenters. The number of rotatable bonds is 5. The molecule has 0 saturated heterocycles. The summed E-state index contributed by atoms with van der Waals surface area (Å²) in [4.78, 5) is 15.7. The number of aromatic nitrogens is 1. The van der Waals surface area contributed by atoms with Gasteiger partial charge in [-0.2, -0.15) is 0 Å². The van der Waals surface area contributed by atoms with Gasteiger partial charge in [-0.05, 0) is 12.3 Å². The minimum Gasteiger partial charge on any atom is -0.465 e. The average molecular weight is 228 g/mol. The molecule has 0 atom stereocenters. The van der Waals surface area contributed by atoms with Crippen LogP contribution in [0.15, 0.2) is 6.20 Å². The molecular weight excluding hydrogens is 212 g/mol. The quantitative estimate of drug-likeness (QED) is 0.786. The molecule has 5 heteroatoms. The molecule has 0 radical (unpaired) electrons. The molecule has 1 aromatic rings. The SMILES string of the molecule is COC(=O)c1cnc(NCCC(C)C)s1. The number of anilines is 1. The topological polar surface area (TPSA) is 51.2 Å². The van der Waals surface area contributed by atoms with Gasteiger partial charge in [0.1, 0.15) is 4.88 Å². The molecule has 1 rings (SSSR count). The highest BCUT2D eigenvalue weighted by Gasteiger charge is 2.09. The van der Waals surface area contributed by atoms with Crippen molar-refractivity contribution in [1.29, 1.82) is 0 Å². The van der Waals surface area contributed by atoms with Crippen molar-refractivity contribution in [2.24, 2.45) is 5.92 Å². The highest BCUT2D eigenvalue weighted by Crippen LogP contribution is 2.18. The zero-order valence-corrected chi connectivity index (χ0v) is 10.1. The van der Waals surface area contributed by atoms with Crippen LogP contribution in [0.25, 0.3) is 0 Å². The van der Waals surface area contributed by atoms with Crippen LogP contribution in [0.4, 0.5) is 5.13 Å². The molecule has 0 saturated carbocycles. The van der Waals surface area contributed by atoms with Gasteiger partial charge in [-0.25, -0.2) is 9.78 Å². The van der Waals surface area contributed by atoms with E-state index >= 15 is 0 Å². The van der Waals surface area contributed by atoms with Crippen LogP contribution in [0, 0.1) is 5.92 Å². The zero-order valence-electron chi connectivity index (χ0n) is 9.24. The smallest absolute Gasteiger partial charge is 0.349 e. The number of esters is 1. The summed E-state index contributed by atoms with van der Waals surface area (Å²) in [6, 6.07) is 0. The highest BCUT2D eigenvalue weighted by molar-refractivity contribution is 7.17. The maximum absolute atomic E-state index is 11.1. The molecule has 0 spiro atoms. The average Bonchev–Trinajstić information content (AvgIpc) is 2.65. The second-order valence-corrected chi connectivity index (χ2v) is 4.66. The van der Waals surface area contributed by atoms with Crippen LogP contribution in [0.5, 0.6) is 0 Å². The van der Waals surface area contributed by atoms with Crippen LogP contribution in [0.1, 0.15) is 29.9 Å². The highest BCUT2D eigenvalue weighted by atomic mass is 32.1. The molecule has 0 aliphatic carbocycles. The number of carbonyl (C=O) groups is 1. The lowest BCUT2D eigenvalue weighted by atomic mass is 10.1. The fourth-order valence-corrected chi connectivity index (χ4v) is 1.78. The summed E-state index contributed by atoms with van der Waals surface area (Å²) in [5.74, 6) is 0.335. The Morgan fingerprint density at radius 2 is 2.40 bits per heavy atom. The van der Waals surface area contributed by atoms with Crippen molar-refractivity contribution in [3.8, 4) is 0 Å². The fourth-order valence-electron chi connectivity index (χ4n) is 1.02. The van der Waals surface area contributed by atoms with Gasteiger partial charge in [0.2, 0.25) is 0 Å². The van der Waals surface area contributed by atoms with Gasteiger partial charge in [0, 0.05) is 6.54 Å². The van der Waals surface area contributed by atoms with Crippen LogP contribution in [0.3, 0.4) is 0 Å². The van der Waals surface area contributed by atoms with Gasteiger partial charge >= 0.3 is 5.97 Å². The third-order valence-corrected chi connectivity index (χ3v) is 2.83. The lowest BCUT2D eigenvalue weighted by molar-refractivity contribution is 0.0606. The van der Waals surface area contributed by atoms with Crippen LogP contribution in [0.2, 0.25) is 0 Å². The first-order chi connectivity index (χ1) is 7.13. The monoisotopic (exact) mass is 228 g/mol. The van der Waals surface area contributed by atoms with E-state index in [9.17, 15) is 4.79 Å². The van der Waals surface area contributed by atoms with E-state index < -0.39 is 0 Å². The molecule has 1 heterocycles. The number of carbonyl (C=O) groups excluding carboxylic acids is 1. The minimum absolute atomic E-state index is 0.329. The number of hydrogen-bond donors (Lipinski definition) is 1. The number of ether oxygens (including phenoxy) is 1. The van der Waals surface area contributed by atoms with Crippen molar-refractivity contribution in [1.82, 2.24) is 4.98 Å². The van der Waals surface area contributed by atoms with Crippen molar-refractivity contribution in [2.75, 3.05) is 19.0 Å². The standard InChI is InChI=1S/C10H16N2O2S/c1-7(2)4-5-11-10-12-6-8(15-10)9(13)14-3/h6-7H,4-5H2,1-3H3,(H,11,12). The lowest BCUT2D eigenvalue weighted by Gasteiger charge is -2.04. The first-order valence-electron chi connectivity index (χ1n) is 4.91. The molecule has 0 aromatic carbocycles. The summed E-state index contributed by atoms with van der Waals surface area (Å²) in [7, 11) is 1.37. The summed E-state index contributed by atoms with van der Waals surface area (Å²) < 4.78 is 4.60. The van der Waals surface area contributed by atoms with E-state index in [1.165, 1.54) is 24.6 Å². The third kappa shape index (κ3) is 3.87. The Morgan fingerprint density at radius 1 is 1.67 bits per heavy atom. The molecule has 4 nitrogen and oxygen atoms in total. The van der Waals surface area contributed by atoms with Gasteiger partial charge in [0.15, 0.2) is 5.13 Å². The van der Waals surface area contributed by atoms with E-state index in [2.05, 4.69) is 28.9 Å². The van der Waals surface area contributed by atoms with Gasteiger partial charge in [0.25, 0.3) is 0 Å². The second kappa shape index (κ2) is 5.70. The summed E-state index contributed by atoms with van der Waals surface area (Å²) in [6.45, 7) is 5.22.